The molecule has 2 saturated carbocycles. The third-order valence-corrected chi connectivity index (χ3v) is 4.98. The Hall–Kier alpha value is -0.770. The Bertz CT molecular complexity index is 294. The summed E-state index contributed by atoms with van der Waals surface area (Å²) in [5.41, 5.74) is 5.98. The van der Waals surface area contributed by atoms with Gasteiger partial charge in [-0.3, -0.25) is 0 Å². The number of urea groups is 1. The zero-order valence-corrected chi connectivity index (χ0v) is 12.3. The molecule has 0 bridgehead atoms. The van der Waals surface area contributed by atoms with Gasteiger partial charge in [0.05, 0.1) is 5.54 Å². The van der Waals surface area contributed by atoms with Crippen molar-refractivity contribution in [1.29, 1.82) is 0 Å². The van der Waals surface area contributed by atoms with E-state index in [-0.39, 0.29) is 11.6 Å². The average Bonchev–Trinajstić information content (AvgIpc) is 2.61. The van der Waals surface area contributed by atoms with E-state index >= 15 is 0 Å². The molecule has 0 saturated heterocycles. The number of hydrogen-bond acceptors (Lipinski definition) is 2. The van der Waals surface area contributed by atoms with Crippen LogP contribution in [0.25, 0.3) is 0 Å². The molecule has 0 aromatic rings. The summed E-state index contributed by atoms with van der Waals surface area (Å²) in [4.78, 5) is 14.5. The van der Waals surface area contributed by atoms with E-state index < -0.39 is 0 Å². The third-order valence-electron chi connectivity index (χ3n) is 4.98. The second kappa shape index (κ2) is 6.60. The fourth-order valence-corrected chi connectivity index (χ4v) is 3.47. The molecular formula is C15H29N3O. The van der Waals surface area contributed by atoms with Crippen LogP contribution in [0.4, 0.5) is 4.79 Å². The molecule has 4 nitrogen and oxygen atoms in total. The van der Waals surface area contributed by atoms with Crippen molar-refractivity contribution >= 4 is 6.03 Å². The number of nitrogens with zero attached hydrogens (tertiary/aromatic N) is 1. The minimum Gasteiger partial charge on any atom is -0.335 e. The first-order valence-corrected chi connectivity index (χ1v) is 8.00. The van der Waals surface area contributed by atoms with Crippen LogP contribution in [0.15, 0.2) is 0 Å². The van der Waals surface area contributed by atoms with Gasteiger partial charge >= 0.3 is 6.03 Å². The van der Waals surface area contributed by atoms with Gasteiger partial charge in [-0.25, -0.2) is 4.79 Å². The number of carbonyl (C=O) groups excluding carboxylic acids is 1. The molecule has 0 aromatic heterocycles. The highest BCUT2D eigenvalue weighted by molar-refractivity contribution is 5.75. The maximum Gasteiger partial charge on any atom is 0.318 e. The number of nitrogens with two attached hydrogens (primary N) is 1. The van der Waals surface area contributed by atoms with Gasteiger partial charge in [0.15, 0.2) is 0 Å². The maximum absolute atomic E-state index is 12.5. The van der Waals surface area contributed by atoms with E-state index in [2.05, 4.69) is 12.2 Å². The molecule has 110 valence electrons. The van der Waals surface area contributed by atoms with Gasteiger partial charge in [-0.1, -0.05) is 25.7 Å². The normalized spacial score (nSPS) is 23.3. The molecule has 0 spiro atoms. The quantitative estimate of drug-likeness (QED) is 0.769. The monoisotopic (exact) mass is 267 g/mol. The summed E-state index contributed by atoms with van der Waals surface area (Å²) in [6, 6.07) is 0.515. The van der Waals surface area contributed by atoms with Crippen LogP contribution in [0.1, 0.15) is 64.7 Å². The second-order valence-corrected chi connectivity index (χ2v) is 6.16. The number of amides is 2. The molecule has 0 unspecified atom stereocenters. The van der Waals surface area contributed by atoms with Crippen molar-refractivity contribution in [3.05, 3.63) is 0 Å². The summed E-state index contributed by atoms with van der Waals surface area (Å²) >= 11 is 0. The number of hydrogen-bond donors (Lipinski definition) is 2. The number of likely N-dealkylation sites (N-methyl/N-ethyl adjacent to an activating group) is 1. The molecule has 3 N–H and O–H groups in total. The highest BCUT2D eigenvalue weighted by Crippen LogP contribution is 2.32. The first-order chi connectivity index (χ1) is 9.22. The van der Waals surface area contributed by atoms with Crippen LogP contribution in [0, 0.1) is 0 Å². The maximum atomic E-state index is 12.5. The molecule has 2 rings (SSSR count). The van der Waals surface area contributed by atoms with Crippen LogP contribution in [0.3, 0.4) is 0 Å². The first kappa shape index (κ1) is 14.6. The topological polar surface area (TPSA) is 58.4 Å². The highest BCUT2D eigenvalue weighted by atomic mass is 16.2. The fourth-order valence-electron chi connectivity index (χ4n) is 3.47. The smallest absolute Gasteiger partial charge is 0.318 e. The Kier molecular flexibility index (Phi) is 5.08. The molecule has 2 aliphatic rings. The van der Waals surface area contributed by atoms with Crippen LogP contribution >= 0.6 is 0 Å². The molecule has 19 heavy (non-hydrogen) atoms. The first-order valence-electron chi connectivity index (χ1n) is 8.00. The molecule has 2 aliphatic carbocycles. The number of rotatable bonds is 4. The van der Waals surface area contributed by atoms with Gasteiger partial charge in [0.2, 0.25) is 0 Å². The molecule has 0 aliphatic heterocycles. The molecule has 0 radical (unpaired) electrons. The Morgan fingerprint density at radius 1 is 1.21 bits per heavy atom. The van der Waals surface area contributed by atoms with E-state index in [4.69, 9.17) is 5.73 Å². The van der Waals surface area contributed by atoms with Crippen molar-refractivity contribution in [1.82, 2.24) is 10.2 Å². The number of carbonyl (C=O) groups is 1. The Morgan fingerprint density at radius 3 is 2.26 bits per heavy atom. The van der Waals surface area contributed by atoms with Crippen molar-refractivity contribution in [2.75, 3.05) is 13.1 Å². The van der Waals surface area contributed by atoms with Gasteiger partial charge in [0, 0.05) is 19.1 Å². The van der Waals surface area contributed by atoms with Gasteiger partial charge in [0.1, 0.15) is 0 Å². The summed E-state index contributed by atoms with van der Waals surface area (Å²) in [6.07, 6.45) is 10.6. The van der Waals surface area contributed by atoms with E-state index in [1.54, 1.807) is 0 Å². The van der Waals surface area contributed by atoms with E-state index in [9.17, 15) is 4.79 Å². The molecular weight excluding hydrogens is 238 g/mol. The van der Waals surface area contributed by atoms with Gasteiger partial charge in [-0.05, 0) is 39.0 Å². The minimum atomic E-state index is -0.0981. The van der Waals surface area contributed by atoms with Crippen molar-refractivity contribution < 1.29 is 4.79 Å². The largest absolute Gasteiger partial charge is 0.335 e. The lowest BCUT2D eigenvalue weighted by molar-refractivity contribution is 0.102. The zero-order chi connectivity index (χ0) is 13.7. The van der Waals surface area contributed by atoms with E-state index in [1.165, 1.54) is 32.1 Å². The van der Waals surface area contributed by atoms with Gasteiger partial charge in [-0.15, -0.1) is 0 Å². The average molecular weight is 267 g/mol. The van der Waals surface area contributed by atoms with Crippen molar-refractivity contribution in [3.8, 4) is 0 Å². The Labute approximate surface area is 117 Å². The van der Waals surface area contributed by atoms with E-state index in [0.717, 1.165) is 32.2 Å². The standard InChI is InChI=1S/C15H29N3O/c1-2-18(14(19)17-13-8-7-9-13)15(12-16)10-5-3-4-6-11-15/h13H,2-12,16H2,1H3,(H,17,19). The van der Waals surface area contributed by atoms with Gasteiger partial charge < -0.3 is 16.0 Å². The van der Waals surface area contributed by atoms with Gasteiger partial charge in [-0.2, -0.15) is 0 Å². The number of nitrogens with one attached hydrogen (secondary N) is 1. The van der Waals surface area contributed by atoms with E-state index in [1.807, 2.05) is 4.90 Å². The van der Waals surface area contributed by atoms with Crippen molar-refractivity contribution in [2.24, 2.45) is 5.73 Å². The second-order valence-electron chi connectivity index (χ2n) is 6.16. The van der Waals surface area contributed by atoms with E-state index in [0.29, 0.717) is 12.6 Å². The van der Waals surface area contributed by atoms with Crippen LogP contribution in [0.5, 0.6) is 0 Å². The lowest BCUT2D eigenvalue weighted by Crippen LogP contribution is -2.60. The predicted octanol–water partition coefficient (Wildman–Crippen LogP) is 2.62. The fraction of sp³-hybridized carbons (Fsp3) is 0.933. The Balaban J connectivity index is 2.04. The van der Waals surface area contributed by atoms with Crippen LogP contribution in [0.2, 0.25) is 0 Å². The van der Waals surface area contributed by atoms with Gasteiger partial charge in [0.25, 0.3) is 0 Å². The van der Waals surface area contributed by atoms with Crippen LogP contribution in [-0.2, 0) is 0 Å². The summed E-state index contributed by atoms with van der Waals surface area (Å²) in [5.74, 6) is 0. The summed E-state index contributed by atoms with van der Waals surface area (Å²) in [6.45, 7) is 3.43. The van der Waals surface area contributed by atoms with Crippen LogP contribution in [-0.4, -0.2) is 35.6 Å². The van der Waals surface area contributed by atoms with Crippen molar-refractivity contribution in [2.45, 2.75) is 76.3 Å². The Morgan fingerprint density at radius 2 is 1.84 bits per heavy atom. The lowest BCUT2D eigenvalue weighted by atomic mass is 9.88. The molecule has 4 heteroatoms. The SMILES string of the molecule is CCN(C(=O)NC1CCC1)C1(CN)CCCCCC1. The highest BCUT2D eigenvalue weighted by Gasteiger charge is 2.38. The minimum absolute atomic E-state index is 0.0981. The van der Waals surface area contributed by atoms with Crippen LogP contribution < -0.4 is 11.1 Å². The molecule has 0 heterocycles. The predicted molar refractivity (Wildman–Crippen MR) is 78.0 cm³/mol. The summed E-state index contributed by atoms with van der Waals surface area (Å²) < 4.78 is 0. The third kappa shape index (κ3) is 3.22. The molecule has 0 aromatic carbocycles. The van der Waals surface area contributed by atoms with Crippen molar-refractivity contribution in [3.63, 3.8) is 0 Å². The lowest BCUT2D eigenvalue weighted by Gasteiger charge is -2.44. The molecule has 2 fully saturated rings. The zero-order valence-electron chi connectivity index (χ0n) is 12.3. The summed E-state index contributed by atoms with van der Waals surface area (Å²) in [7, 11) is 0. The summed E-state index contributed by atoms with van der Waals surface area (Å²) in [5, 5.41) is 3.18. The molecule has 2 amide bonds. The molecule has 0 atom stereocenters.